The van der Waals surface area contributed by atoms with E-state index in [9.17, 15) is 4.79 Å². The second-order valence-electron chi connectivity index (χ2n) is 5.01. The van der Waals surface area contributed by atoms with Crippen molar-refractivity contribution in [1.29, 1.82) is 0 Å². The van der Waals surface area contributed by atoms with E-state index < -0.39 is 0 Å². The Balaban J connectivity index is 1.96. The van der Waals surface area contributed by atoms with E-state index in [0.29, 0.717) is 23.3 Å². The molecule has 2 N–H and O–H groups in total. The van der Waals surface area contributed by atoms with E-state index >= 15 is 0 Å². The van der Waals surface area contributed by atoms with Gasteiger partial charge in [0, 0.05) is 17.6 Å². The maximum absolute atomic E-state index is 12.0. The molecule has 0 spiro atoms. The third kappa shape index (κ3) is 4.46. The number of pyridine rings is 1. The van der Waals surface area contributed by atoms with Gasteiger partial charge in [-0.2, -0.15) is 0 Å². The van der Waals surface area contributed by atoms with Gasteiger partial charge in [-0.05, 0) is 37.6 Å². The van der Waals surface area contributed by atoms with E-state index in [1.165, 1.54) is 0 Å². The predicted molar refractivity (Wildman–Crippen MR) is 85.6 cm³/mol. The Hall–Kier alpha value is -2.07. The molecule has 110 valence electrons. The zero-order chi connectivity index (χ0) is 15.2. The molecule has 0 aliphatic carbocycles. The van der Waals surface area contributed by atoms with Crippen LogP contribution < -0.4 is 10.6 Å². The van der Waals surface area contributed by atoms with Gasteiger partial charge in [0.2, 0.25) is 0 Å². The second-order valence-corrected chi connectivity index (χ2v) is 5.41. The maximum atomic E-state index is 12.0. The number of benzene rings is 1. The van der Waals surface area contributed by atoms with Crippen molar-refractivity contribution in [2.45, 2.75) is 26.4 Å². The summed E-state index contributed by atoms with van der Waals surface area (Å²) in [5, 5.41) is 6.68. The van der Waals surface area contributed by atoms with Crippen molar-refractivity contribution in [3.05, 3.63) is 58.9 Å². The lowest BCUT2D eigenvalue weighted by molar-refractivity contribution is 0.0946. The highest BCUT2D eigenvalue weighted by atomic mass is 35.5. The highest BCUT2D eigenvalue weighted by molar-refractivity contribution is 6.31. The molecule has 0 unspecified atom stereocenters. The first-order valence-electron chi connectivity index (χ1n) is 6.80. The fourth-order valence-corrected chi connectivity index (χ4v) is 2.06. The predicted octanol–water partition coefficient (Wildman–Crippen LogP) is 3.49. The molecular weight excluding hydrogens is 286 g/mol. The van der Waals surface area contributed by atoms with Crippen LogP contribution >= 0.6 is 11.6 Å². The van der Waals surface area contributed by atoms with Crippen LogP contribution in [-0.4, -0.2) is 16.9 Å². The Morgan fingerprint density at radius 2 is 2.00 bits per heavy atom. The second kappa shape index (κ2) is 7.09. The number of hydrogen-bond acceptors (Lipinski definition) is 3. The molecule has 2 aromatic rings. The number of nitrogens with zero attached hydrogens (tertiary/aromatic N) is 1. The van der Waals surface area contributed by atoms with Crippen LogP contribution in [0.5, 0.6) is 0 Å². The Kier molecular flexibility index (Phi) is 5.17. The number of hydrogen-bond donors (Lipinski definition) is 2. The van der Waals surface area contributed by atoms with E-state index in [0.717, 1.165) is 11.3 Å². The quantitative estimate of drug-likeness (QED) is 0.889. The topological polar surface area (TPSA) is 54.0 Å². The largest absolute Gasteiger partial charge is 0.382 e. The number of nitrogens with one attached hydrogen (secondary N) is 2. The summed E-state index contributed by atoms with van der Waals surface area (Å²) in [4.78, 5) is 16.2. The number of anilines is 1. The lowest BCUT2D eigenvalue weighted by atomic mass is 10.2. The molecule has 1 heterocycles. The van der Waals surface area contributed by atoms with Crippen LogP contribution in [0.1, 0.15) is 29.9 Å². The molecule has 0 atom stereocenters. The summed E-state index contributed by atoms with van der Waals surface area (Å²) in [6.07, 6.45) is 1.66. The first-order chi connectivity index (χ1) is 10.1. The van der Waals surface area contributed by atoms with Gasteiger partial charge in [0.25, 0.3) is 5.91 Å². The SMILES string of the molecule is CC(C)Nc1ccc(C(=O)NCc2ccccc2Cl)nc1. The molecule has 0 fully saturated rings. The summed E-state index contributed by atoms with van der Waals surface area (Å²) in [5.41, 5.74) is 2.16. The summed E-state index contributed by atoms with van der Waals surface area (Å²) in [6.45, 7) is 4.47. The molecule has 21 heavy (non-hydrogen) atoms. The number of carbonyl (C=O) groups excluding carboxylic acids is 1. The number of amides is 1. The van der Waals surface area contributed by atoms with Crippen molar-refractivity contribution < 1.29 is 4.79 Å². The Morgan fingerprint density at radius 1 is 1.24 bits per heavy atom. The minimum atomic E-state index is -0.217. The van der Waals surface area contributed by atoms with Gasteiger partial charge in [0.15, 0.2) is 0 Å². The first kappa shape index (κ1) is 15.3. The van der Waals surface area contributed by atoms with Crippen LogP contribution in [0.3, 0.4) is 0 Å². The highest BCUT2D eigenvalue weighted by Crippen LogP contribution is 2.14. The normalized spacial score (nSPS) is 10.5. The van der Waals surface area contributed by atoms with Crippen molar-refractivity contribution in [3.63, 3.8) is 0 Å². The van der Waals surface area contributed by atoms with Crippen LogP contribution in [0.15, 0.2) is 42.6 Å². The van der Waals surface area contributed by atoms with E-state index in [-0.39, 0.29) is 5.91 Å². The van der Waals surface area contributed by atoms with Gasteiger partial charge in [-0.25, -0.2) is 4.98 Å². The Bertz CT molecular complexity index is 611. The fourth-order valence-electron chi connectivity index (χ4n) is 1.85. The van der Waals surface area contributed by atoms with Gasteiger partial charge in [0.1, 0.15) is 5.69 Å². The molecule has 1 amide bonds. The average molecular weight is 304 g/mol. The van der Waals surface area contributed by atoms with Crippen LogP contribution in [0.4, 0.5) is 5.69 Å². The standard InChI is InChI=1S/C16H18ClN3O/c1-11(2)20-13-7-8-15(18-10-13)16(21)19-9-12-5-3-4-6-14(12)17/h3-8,10-11,20H,9H2,1-2H3,(H,19,21). The van der Waals surface area contributed by atoms with Crippen molar-refractivity contribution in [3.8, 4) is 0 Å². The summed E-state index contributed by atoms with van der Waals surface area (Å²) in [6, 6.07) is 11.3. The molecule has 2 rings (SSSR count). The fraction of sp³-hybridized carbons (Fsp3) is 0.250. The van der Waals surface area contributed by atoms with Crippen LogP contribution in [0.25, 0.3) is 0 Å². The molecule has 4 nitrogen and oxygen atoms in total. The van der Waals surface area contributed by atoms with Gasteiger partial charge in [-0.3, -0.25) is 4.79 Å². The molecule has 0 aliphatic heterocycles. The van der Waals surface area contributed by atoms with Crippen molar-refractivity contribution in [1.82, 2.24) is 10.3 Å². The summed E-state index contributed by atoms with van der Waals surface area (Å²) >= 11 is 6.05. The summed E-state index contributed by atoms with van der Waals surface area (Å²) in [5.74, 6) is -0.217. The zero-order valence-electron chi connectivity index (χ0n) is 12.1. The third-order valence-electron chi connectivity index (χ3n) is 2.85. The lowest BCUT2D eigenvalue weighted by Gasteiger charge is -2.10. The molecule has 0 bridgehead atoms. The molecule has 0 saturated heterocycles. The van der Waals surface area contributed by atoms with Gasteiger partial charge in [-0.15, -0.1) is 0 Å². The number of carbonyl (C=O) groups is 1. The van der Waals surface area contributed by atoms with Gasteiger partial charge in [0.05, 0.1) is 11.9 Å². The Labute approximate surface area is 129 Å². The van der Waals surface area contributed by atoms with E-state index in [4.69, 9.17) is 11.6 Å². The summed E-state index contributed by atoms with van der Waals surface area (Å²) < 4.78 is 0. The third-order valence-corrected chi connectivity index (χ3v) is 3.22. The van der Waals surface area contributed by atoms with Crippen LogP contribution in [0.2, 0.25) is 5.02 Å². The number of aromatic nitrogens is 1. The van der Waals surface area contributed by atoms with Gasteiger partial charge < -0.3 is 10.6 Å². The highest BCUT2D eigenvalue weighted by Gasteiger charge is 2.08. The van der Waals surface area contributed by atoms with Crippen molar-refractivity contribution in [2.24, 2.45) is 0 Å². The minimum absolute atomic E-state index is 0.217. The maximum Gasteiger partial charge on any atom is 0.270 e. The van der Waals surface area contributed by atoms with Crippen molar-refractivity contribution in [2.75, 3.05) is 5.32 Å². The lowest BCUT2D eigenvalue weighted by Crippen LogP contribution is -2.24. The molecule has 1 aromatic carbocycles. The van der Waals surface area contributed by atoms with Crippen LogP contribution in [0, 0.1) is 0 Å². The molecule has 0 aliphatic rings. The smallest absolute Gasteiger partial charge is 0.270 e. The Morgan fingerprint density at radius 3 is 2.62 bits per heavy atom. The van der Waals surface area contributed by atoms with Crippen LogP contribution in [-0.2, 0) is 6.54 Å². The van der Waals surface area contributed by atoms with Crippen molar-refractivity contribution >= 4 is 23.2 Å². The van der Waals surface area contributed by atoms with E-state index in [2.05, 4.69) is 15.6 Å². The van der Waals surface area contributed by atoms with Gasteiger partial charge >= 0.3 is 0 Å². The molecule has 1 aromatic heterocycles. The average Bonchev–Trinajstić information content (AvgIpc) is 2.46. The number of rotatable bonds is 5. The molecule has 5 heteroatoms. The number of halogens is 1. The van der Waals surface area contributed by atoms with E-state index in [1.807, 2.05) is 38.1 Å². The van der Waals surface area contributed by atoms with Gasteiger partial charge in [-0.1, -0.05) is 29.8 Å². The molecule has 0 radical (unpaired) electrons. The monoisotopic (exact) mass is 303 g/mol. The summed E-state index contributed by atoms with van der Waals surface area (Å²) in [7, 11) is 0. The minimum Gasteiger partial charge on any atom is -0.382 e. The molecule has 0 saturated carbocycles. The molecular formula is C16H18ClN3O. The van der Waals surface area contributed by atoms with E-state index in [1.54, 1.807) is 18.3 Å². The zero-order valence-corrected chi connectivity index (χ0v) is 12.8. The first-order valence-corrected chi connectivity index (χ1v) is 7.18.